The van der Waals surface area contributed by atoms with E-state index in [2.05, 4.69) is 10.3 Å². The number of benzene rings is 1. The minimum Gasteiger partial charge on any atom is -0.491 e. The molecule has 1 aromatic carbocycles. The van der Waals surface area contributed by atoms with E-state index in [9.17, 15) is 14.9 Å². The van der Waals surface area contributed by atoms with Gasteiger partial charge in [-0.05, 0) is 58.4 Å². The highest BCUT2D eigenvalue weighted by molar-refractivity contribution is 5.96. The Hall–Kier alpha value is -3.07. The third kappa shape index (κ3) is 4.31. The Morgan fingerprint density at radius 2 is 1.96 bits per heavy atom. The normalized spacial score (nSPS) is 10.5. The van der Waals surface area contributed by atoms with Crippen molar-refractivity contribution in [1.29, 1.82) is 5.26 Å². The lowest BCUT2D eigenvalue weighted by atomic mass is 10.0. The first-order chi connectivity index (χ1) is 12.2. The van der Waals surface area contributed by atoms with E-state index in [1.165, 1.54) is 6.07 Å². The molecule has 0 unspecified atom stereocenters. The van der Waals surface area contributed by atoms with E-state index in [-0.39, 0.29) is 24.1 Å². The Morgan fingerprint density at radius 1 is 1.27 bits per heavy atom. The number of nitrogens with one attached hydrogen (secondary N) is 2. The number of H-pyrrole nitrogens is 1. The molecule has 26 heavy (non-hydrogen) atoms. The van der Waals surface area contributed by atoms with Gasteiger partial charge in [-0.1, -0.05) is 0 Å². The number of rotatable bonds is 5. The van der Waals surface area contributed by atoms with E-state index in [4.69, 9.17) is 4.74 Å². The summed E-state index contributed by atoms with van der Waals surface area (Å²) in [6.45, 7) is 9.29. The van der Waals surface area contributed by atoms with Gasteiger partial charge in [0, 0.05) is 28.9 Å². The number of carbonyl (C=O) groups is 1. The van der Waals surface area contributed by atoms with Crippen LogP contribution in [0.3, 0.4) is 0 Å². The van der Waals surface area contributed by atoms with Crippen molar-refractivity contribution in [2.45, 2.75) is 47.3 Å². The van der Waals surface area contributed by atoms with Crippen LogP contribution in [0.15, 0.2) is 23.0 Å². The van der Waals surface area contributed by atoms with Gasteiger partial charge in [0.1, 0.15) is 5.75 Å². The van der Waals surface area contributed by atoms with E-state index >= 15 is 0 Å². The molecule has 2 N–H and O–H groups in total. The number of ether oxygens (including phenoxy) is 1. The molecular weight excluding hydrogens is 330 g/mol. The second-order valence-corrected chi connectivity index (χ2v) is 6.55. The smallest absolute Gasteiger partial charge is 0.253 e. The number of nitriles is 1. The van der Waals surface area contributed by atoms with Crippen LogP contribution in [-0.2, 0) is 6.54 Å². The summed E-state index contributed by atoms with van der Waals surface area (Å²) in [6, 6.07) is 7.06. The number of nitrogens with zero attached hydrogens (tertiary/aromatic N) is 1. The lowest BCUT2D eigenvalue weighted by molar-refractivity contribution is 0.0949. The second-order valence-electron chi connectivity index (χ2n) is 6.55. The fraction of sp³-hybridized carbons (Fsp3) is 0.350. The summed E-state index contributed by atoms with van der Waals surface area (Å²) in [5.74, 6) is 0.154. The van der Waals surface area contributed by atoms with Gasteiger partial charge in [0.25, 0.3) is 11.5 Å². The standard InChI is InChI=1S/C20H23N3O3/c1-11(2)26-18-8-15(9-21)7-16(14(18)5)19(24)22-10-17-12(3)6-13(4)23-20(17)25/h6-8,11H,10H2,1-5H3,(H,22,24)(H,23,25). The number of carbonyl (C=O) groups excluding carboxylic acids is 1. The van der Waals surface area contributed by atoms with Gasteiger partial charge in [0.15, 0.2) is 0 Å². The van der Waals surface area contributed by atoms with Crippen molar-refractivity contribution in [3.05, 3.63) is 62.1 Å². The molecule has 2 aromatic rings. The molecule has 0 saturated heterocycles. The molecule has 0 aliphatic heterocycles. The van der Waals surface area contributed by atoms with Gasteiger partial charge in [-0.3, -0.25) is 9.59 Å². The Labute approximate surface area is 152 Å². The molecule has 1 aromatic heterocycles. The summed E-state index contributed by atoms with van der Waals surface area (Å²) < 4.78 is 5.71. The Bertz CT molecular complexity index is 937. The van der Waals surface area contributed by atoms with Crippen LogP contribution >= 0.6 is 0 Å². The van der Waals surface area contributed by atoms with Crippen LogP contribution in [0.5, 0.6) is 5.75 Å². The molecule has 0 radical (unpaired) electrons. The summed E-state index contributed by atoms with van der Waals surface area (Å²) in [6.07, 6.45) is -0.0766. The van der Waals surface area contributed by atoms with E-state index in [1.807, 2.05) is 39.8 Å². The summed E-state index contributed by atoms with van der Waals surface area (Å²) in [5.41, 5.74) is 3.26. The van der Waals surface area contributed by atoms with Gasteiger partial charge < -0.3 is 15.0 Å². The monoisotopic (exact) mass is 353 g/mol. The Morgan fingerprint density at radius 3 is 2.54 bits per heavy atom. The molecule has 0 aliphatic carbocycles. The SMILES string of the molecule is Cc1cc(C)c(CNC(=O)c2cc(C#N)cc(OC(C)C)c2C)c(=O)[nH]1. The molecule has 0 saturated carbocycles. The number of pyridine rings is 1. The van der Waals surface area contributed by atoms with Crippen LogP contribution in [0.2, 0.25) is 0 Å². The Kier molecular flexibility index (Phi) is 5.83. The van der Waals surface area contributed by atoms with Crippen LogP contribution < -0.4 is 15.6 Å². The first kappa shape index (κ1) is 19.3. The van der Waals surface area contributed by atoms with Crippen molar-refractivity contribution in [3.8, 4) is 11.8 Å². The first-order valence-corrected chi connectivity index (χ1v) is 8.42. The zero-order chi connectivity index (χ0) is 19.4. The highest BCUT2D eigenvalue weighted by Crippen LogP contribution is 2.25. The molecule has 6 nitrogen and oxygen atoms in total. The third-order valence-electron chi connectivity index (χ3n) is 4.02. The third-order valence-corrected chi connectivity index (χ3v) is 4.02. The minimum atomic E-state index is -0.354. The highest BCUT2D eigenvalue weighted by atomic mass is 16.5. The molecule has 2 rings (SSSR count). The molecular formula is C20H23N3O3. The van der Waals surface area contributed by atoms with Gasteiger partial charge in [-0.25, -0.2) is 0 Å². The summed E-state index contributed by atoms with van der Waals surface area (Å²) >= 11 is 0. The number of aromatic amines is 1. The van der Waals surface area contributed by atoms with E-state index < -0.39 is 0 Å². The molecule has 1 amide bonds. The van der Waals surface area contributed by atoms with E-state index in [0.717, 1.165) is 11.3 Å². The fourth-order valence-electron chi connectivity index (χ4n) is 2.73. The quantitative estimate of drug-likeness (QED) is 0.864. The fourth-order valence-corrected chi connectivity index (χ4v) is 2.73. The van der Waals surface area contributed by atoms with Crippen LogP contribution in [0, 0.1) is 32.1 Å². The second kappa shape index (κ2) is 7.87. The minimum absolute atomic E-state index is 0.0766. The topological polar surface area (TPSA) is 95.0 Å². The van der Waals surface area contributed by atoms with Crippen LogP contribution in [0.25, 0.3) is 0 Å². The molecule has 0 atom stereocenters. The van der Waals surface area contributed by atoms with Gasteiger partial charge in [0.2, 0.25) is 0 Å². The number of hydrogen-bond acceptors (Lipinski definition) is 4. The molecule has 6 heteroatoms. The van der Waals surface area contributed by atoms with Crippen molar-refractivity contribution in [2.75, 3.05) is 0 Å². The van der Waals surface area contributed by atoms with Crippen molar-refractivity contribution >= 4 is 5.91 Å². The number of aromatic nitrogens is 1. The maximum absolute atomic E-state index is 12.6. The zero-order valence-electron chi connectivity index (χ0n) is 15.7. The average molecular weight is 353 g/mol. The van der Waals surface area contributed by atoms with Gasteiger partial charge >= 0.3 is 0 Å². The average Bonchev–Trinajstić information content (AvgIpc) is 2.55. The molecule has 0 bridgehead atoms. The molecule has 0 aliphatic rings. The largest absolute Gasteiger partial charge is 0.491 e. The van der Waals surface area contributed by atoms with Crippen molar-refractivity contribution in [3.63, 3.8) is 0 Å². The van der Waals surface area contributed by atoms with E-state index in [1.54, 1.807) is 13.0 Å². The lowest BCUT2D eigenvalue weighted by Crippen LogP contribution is -2.28. The summed E-state index contributed by atoms with van der Waals surface area (Å²) in [5, 5.41) is 12.0. The lowest BCUT2D eigenvalue weighted by Gasteiger charge is -2.16. The van der Waals surface area contributed by atoms with Crippen LogP contribution in [0.4, 0.5) is 0 Å². The van der Waals surface area contributed by atoms with Crippen molar-refractivity contribution in [1.82, 2.24) is 10.3 Å². The van der Waals surface area contributed by atoms with Crippen molar-refractivity contribution < 1.29 is 9.53 Å². The molecule has 136 valence electrons. The predicted octanol–water partition coefficient (Wildman–Crippen LogP) is 2.89. The summed E-state index contributed by atoms with van der Waals surface area (Å²) in [4.78, 5) is 27.5. The maximum atomic E-state index is 12.6. The van der Waals surface area contributed by atoms with Gasteiger partial charge in [-0.2, -0.15) is 5.26 Å². The predicted molar refractivity (Wildman–Crippen MR) is 99.4 cm³/mol. The Balaban J connectivity index is 2.30. The number of hydrogen-bond donors (Lipinski definition) is 2. The van der Waals surface area contributed by atoms with Crippen molar-refractivity contribution in [2.24, 2.45) is 0 Å². The van der Waals surface area contributed by atoms with Gasteiger partial charge in [-0.15, -0.1) is 0 Å². The highest BCUT2D eigenvalue weighted by Gasteiger charge is 2.16. The molecule has 1 heterocycles. The van der Waals surface area contributed by atoms with E-state index in [0.29, 0.717) is 28.0 Å². The molecule has 0 fully saturated rings. The number of aryl methyl sites for hydroxylation is 2. The first-order valence-electron chi connectivity index (χ1n) is 8.42. The van der Waals surface area contributed by atoms with Crippen LogP contribution in [0.1, 0.15) is 52.2 Å². The zero-order valence-corrected chi connectivity index (χ0v) is 15.7. The summed E-state index contributed by atoms with van der Waals surface area (Å²) in [7, 11) is 0. The van der Waals surface area contributed by atoms with Gasteiger partial charge in [0.05, 0.1) is 17.7 Å². The molecule has 0 spiro atoms. The maximum Gasteiger partial charge on any atom is 0.253 e. The van der Waals surface area contributed by atoms with Crippen LogP contribution in [-0.4, -0.2) is 17.0 Å². The number of amides is 1.